The van der Waals surface area contributed by atoms with E-state index in [4.69, 9.17) is 10.5 Å². The molecule has 0 aliphatic carbocycles. The minimum atomic E-state index is 0.580. The molecule has 0 aromatic carbocycles. The summed E-state index contributed by atoms with van der Waals surface area (Å²) < 4.78 is 5.43. The topological polar surface area (TPSA) is 54.6 Å². The summed E-state index contributed by atoms with van der Waals surface area (Å²) in [6, 6.07) is 2.67. The van der Waals surface area contributed by atoms with E-state index in [0.717, 1.165) is 39.4 Å². The Kier molecular flexibility index (Phi) is 3.96. The van der Waals surface area contributed by atoms with Gasteiger partial charge in [-0.05, 0) is 18.1 Å². The van der Waals surface area contributed by atoms with Crippen LogP contribution in [0.15, 0.2) is 18.5 Å². The lowest BCUT2D eigenvalue weighted by atomic mass is 10.2. The molecule has 1 aromatic rings. The number of morpholine rings is 1. The van der Waals surface area contributed by atoms with Crippen LogP contribution in [0, 0.1) is 0 Å². The fourth-order valence-electron chi connectivity index (χ4n) is 3.07. The Morgan fingerprint density at radius 2 is 2.16 bits per heavy atom. The van der Waals surface area contributed by atoms with Gasteiger partial charge in [0.2, 0.25) is 0 Å². The smallest absolute Gasteiger partial charge is 0.0598 e. The van der Waals surface area contributed by atoms with Gasteiger partial charge in [0.05, 0.1) is 25.1 Å². The molecule has 0 spiro atoms. The van der Waals surface area contributed by atoms with Crippen LogP contribution in [0.3, 0.4) is 0 Å². The SMILES string of the molecule is NCc1ccncc1N1CCC(N2CCOCC2)C1. The minimum absolute atomic E-state index is 0.580. The maximum absolute atomic E-state index is 5.81. The Balaban J connectivity index is 1.67. The minimum Gasteiger partial charge on any atom is -0.379 e. The van der Waals surface area contributed by atoms with Gasteiger partial charge in [0.15, 0.2) is 0 Å². The van der Waals surface area contributed by atoms with E-state index < -0.39 is 0 Å². The van der Waals surface area contributed by atoms with Crippen molar-refractivity contribution in [2.24, 2.45) is 5.73 Å². The molecule has 1 atom stereocenters. The van der Waals surface area contributed by atoms with Gasteiger partial charge in [0.1, 0.15) is 0 Å². The zero-order valence-electron chi connectivity index (χ0n) is 11.3. The number of nitrogens with zero attached hydrogens (tertiary/aromatic N) is 3. The molecule has 2 aliphatic rings. The van der Waals surface area contributed by atoms with E-state index in [-0.39, 0.29) is 0 Å². The molecule has 3 rings (SSSR count). The molecule has 2 saturated heterocycles. The van der Waals surface area contributed by atoms with Gasteiger partial charge in [0.25, 0.3) is 0 Å². The van der Waals surface area contributed by atoms with Crippen molar-refractivity contribution in [2.45, 2.75) is 19.0 Å². The fraction of sp³-hybridized carbons (Fsp3) is 0.643. The normalized spacial score (nSPS) is 24.9. The van der Waals surface area contributed by atoms with Crippen molar-refractivity contribution in [1.29, 1.82) is 0 Å². The Labute approximate surface area is 114 Å². The monoisotopic (exact) mass is 262 g/mol. The molecular weight excluding hydrogens is 240 g/mol. The third-order valence-corrected chi connectivity index (χ3v) is 4.17. The van der Waals surface area contributed by atoms with Crippen LogP contribution < -0.4 is 10.6 Å². The first-order valence-corrected chi connectivity index (χ1v) is 7.08. The van der Waals surface area contributed by atoms with Crippen LogP contribution in [0.4, 0.5) is 5.69 Å². The van der Waals surface area contributed by atoms with E-state index >= 15 is 0 Å². The average molecular weight is 262 g/mol. The number of hydrogen-bond acceptors (Lipinski definition) is 5. The molecular formula is C14H22N4O. The highest BCUT2D eigenvalue weighted by Gasteiger charge is 2.29. The molecule has 1 unspecified atom stereocenters. The number of nitrogens with two attached hydrogens (primary N) is 1. The number of hydrogen-bond donors (Lipinski definition) is 1. The summed E-state index contributed by atoms with van der Waals surface area (Å²) in [5.41, 5.74) is 8.22. The van der Waals surface area contributed by atoms with E-state index in [1.807, 2.05) is 18.5 Å². The molecule has 5 nitrogen and oxygen atoms in total. The summed E-state index contributed by atoms with van der Waals surface area (Å²) in [7, 11) is 0. The lowest BCUT2D eigenvalue weighted by Gasteiger charge is -2.32. The van der Waals surface area contributed by atoms with E-state index in [2.05, 4.69) is 14.8 Å². The maximum Gasteiger partial charge on any atom is 0.0598 e. The van der Waals surface area contributed by atoms with Gasteiger partial charge in [0, 0.05) is 45.0 Å². The lowest BCUT2D eigenvalue weighted by Crippen LogP contribution is -2.44. The van der Waals surface area contributed by atoms with Crippen molar-refractivity contribution in [3.05, 3.63) is 24.0 Å². The second-order valence-electron chi connectivity index (χ2n) is 5.25. The Hall–Kier alpha value is -1.17. The second kappa shape index (κ2) is 5.86. The molecule has 19 heavy (non-hydrogen) atoms. The maximum atomic E-state index is 5.81. The lowest BCUT2D eigenvalue weighted by molar-refractivity contribution is 0.0209. The number of pyridine rings is 1. The van der Waals surface area contributed by atoms with Crippen LogP contribution in [0.2, 0.25) is 0 Å². The first kappa shape index (κ1) is 12.8. The number of aromatic nitrogens is 1. The molecule has 0 radical (unpaired) electrons. The largest absolute Gasteiger partial charge is 0.379 e. The standard InChI is InChI=1S/C14H22N4O/c15-9-12-1-3-16-10-14(12)18-4-2-13(11-18)17-5-7-19-8-6-17/h1,3,10,13H,2,4-9,11,15H2. The fourth-order valence-corrected chi connectivity index (χ4v) is 3.07. The van der Waals surface area contributed by atoms with Crippen molar-refractivity contribution in [3.63, 3.8) is 0 Å². The predicted octanol–water partition coefficient (Wildman–Crippen LogP) is 0.451. The first-order chi connectivity index (χ1) is 9.38. The van der Waals surface area contributed by atoms with Gasteiger partial charge in [-0.1, -0.05) is 0 Å². The molecule has 0 amide bonds. The average Bonchev–Trinajstić information content (AvgIpc) is 2.98. The summed E-state index contributed by atoms with van der Waals surface area (Å²) >= 11 is 0. The number of anilines is 1. The van der Waals surface area contributed by atoms with Crippen LogP contribution in [0.5, 0.6) is 0 Å². The highest BCUT2D eigenvalue weighted by atomic mass is 16.5. The van der Waals surface area contributed by atoms with E-state index in [1.54, 1.807) is 0 Å². The van der Waals surface area contributed by atoms with Crippen LogP contribution in [0.25, 0.3) is 0 Å². The Morgan fingerprint density at radius 3 is 2.95 bits per heavy atom. The summed E-state index contributed by atoms with van der Waals surface area (Å²) in [6.07, 6.45) is 4.99. The summed E-state index contributed by atoms with van der Waals surface area (Å²) in [6.45, 7) is 6.63. The summed E-state index contributed by atoms with van der Waals surface area (Å²) in [5.74, 6) is 0. The molecule has 2 fully saturated rings. The quantitative estimate of drug-likeness (QED) is 0.857. The molecule has 0 saturated carbocycles. The molecule has 1 aromatic heterocycles. The van der Waals surface area contributed by atoms with Crippen LogP contribution >= 0.6 is 0 Å². The van der Waals surface area contributed by atoms with Gasteiger partial charge in [-0.2, -0.15) is 0 Å². The summed E-state index contributed by atoms with van der Waals surface area (Å²) in [5, 5.41) is 0. The zero-order chi connectivity index (χ0) is 13.1. The first-order valence-electron chi connectivity index (χ1n) is 7.08. The van der Waals surface area contributed by atoms with Crippen LogP contribution in [0.1, 0.15) is 12.0 Å². The highest BCUT2D eigenvalue weighted by Crippen LogP contribution is 2.25. The van der Waals surface area contributed by atoms with Gasteiger partial charge < -0.3 is 15.4 Å². The van der Waals surface area contributed by atoms with E-state index in [9.17, 15) is 0 Å². The van der Waals surface area contributed by atoms with Crippen molar-refractivity contribution in [1.82, 2.24) is 9.88 Å². The molecule has 0 bridgehead atoms. The van der Waals surface area contributed by atoms with Crippen molar-refractivity contribution in [2.75, 3.05) is 44.3 Å². The van der Waals surface area contributed by atoms with Crippen molar-refractivity contribution < 1.29 is 4.74 Å². The molecule has 104 valence electrons. The highest BCUT2D eigenvalue weighted by molar-refractivity contribution is 5.52. The zero-order valence-corrected chi connectivity index (χ0v) is 11.3. The van der Waals surface area contributed by atoms with Gasteiger partial charge in [-0.25, -0.2) is 0 Å². The van der Waals surface area contributed by atoms with Crippen molar-refractivity contribution in [3.8, 4) is 0 Å². The second-order valence-corrected chi connectivity index (χ2v) is 5.25. The molecule has 5 heteroatoms. The summed E-state index contributed by atoms with van der Waals surface area (Å²) in [4.78, 5) is 9.23. The molecule has 2 N–H and O–H groups in total. The van der Waals surface area contributed by atoms with E-state index in [1.165, 1.54) is 17.7 Å². The van der Waals surface area contributed by atoms with Crippen LogP contribution in [-0.2, 0) is 11.3 Å². The predicted molar refractivity (Wildman–Crippen MR) is 75.1 cm³/mol. The molecule has 2 aliphatic heterocycles. The van der Waals surface area contributed by atoms with Gasteiger partial charge in [-0.3, -0.25) is 9.88 Å². The Morgan fingerprint density at radius 1 is 1.32 bits per heavy atom. The van der Waals surface area contributed by atoms with Gasteiger partial charge >= 0.3 is 0 Å². The Bertz CT molecular complexity index is 420. The van der Waals surface area contributed by atoms with E-state index in [0.29, 0.717) is 12.6 Å². The molecule has 3 heterocycles. The third-order valence-electron chi connectivity index (χ3n) is 4.17. The number of rotatable bonds is 3. The van der Waals surface area contributed by atoms with Crippen LogP contribution in [-0.4, -0.2) is 55.3 Å². The van der Waals surface area contributed by atoms with Crippen molar-refractivity contribution >= 4 is 5.69 Å². The van der Waals surface area contributed by atoms with Gasteiger partial charge in [-0.15, -0.1) is 0 Å². The third kappa shape index (κ3) is 2.73. The number of ether oxygens (including phenoxy) is 1.